The van der Waals surface area contributed by atoms with Gasteiger partial charge in [-0.1, -0.05) is 0 Å². The molecule has 1 aromatic heterocycles. The number of hydrogen-bond acceptors (Lipinski definition) is 2. The summed E-state index contributed by atoms with van der Waals surface area (Å²) in [5.74, 6) is 0.768. The zero-order chi connectivity index (χ0) is 8.06. The molecule has 0 radical (unpaired) electrons. The Bertz CT molecular complexity index is 293. The minimum atomic E-state index is -0.730. The van der Waals surface area contributed by atoms with Crippen LogP contribution in [0.5, 0.6) is 0 Å². The summed E-state index contributed by atoms with van der Waals surface area (Å²) in [6, 6.07) is 0. The average Bonchev–Trinajstić information content (AvgIpc) is 2.35. The molecule has 1 atom stereocenters. The minimum absolute atomic E-state index is 0.730. The van der Waals surface area contributed by atoms with E-state index in [9.17, 15) is 5.11 Å². The summed E-state index contributed by atoms with van der Waals surface area (Å²) in [4.78, 5) is 4.17. The lowest BCUT2D eigenvalue weighted by atomic mass is 10.1. The third-order valence-corrected chi connectivity index (χ3v) is 2.45. The number of aryl methyl sites for hydroxylation is 1. The molecule has 3 nitrogen and oxygen atoms in total. The zero-order valence-electron chi connectivity index (χ0n) is 6.21. The van der Waals surface area contributed by atoms with E-state index in [1.54, 1.807) is 6.92 Å². The molecule has 0 saturated heterocycles. The van der Waals surface area contributed by atoms with Crippen LogP contribution in [0.2, 0.25) is 0 Å². The molecule has 0 amide bonds. The minimum Gasteiger partial charge on any atom is -0.382 e. The van der Waals surface area contributed by atoms with E-state index in [4.69, 9.17) is 0 Å². The Balaban J connectivity index is 2.54. The van der Waals surface area contributed by atoms with Gasteiger partial charge in [0.25, 0.3) is 0 Å². The summed E-state index contributed by atoms with van der Waals surface area (Å²) in [5, 5.41) is 9.76. The first-order valence-corrected chi connectivity index (χ1v) is 4.34. The van der Waals surface area contributed by atoms with Crippen molar-refractivity contribution in [2.75, 3.05) is 0 Å². The molecule has 0 aromatic carbocycles. The molecule has 11 heavy (non-hydrogen) atoms. The number of rotatable bonds is 0. The fourth-order valence-electron chi connectivity index (χ4n) is 1.43. The van der Waals surface area contributed by atoms with Crippen molar-refractivity contribution in [2.24, 2.45) is 0 Å². The van der Waals surface area contributed by atoms with Gasteiger partial charge in [0.05, 0.1) is 0 Å². The molecule has 1 N–H and O–H groups in total. The van der Waals surface area contributed by atoms with Crippen LogP contribution in [0.25, 0.3) is 0 Å². The van der Waals surface area contributed by atoms with Crippen LogP contribution in [-0.4, -0.2) is 14.7 Å². The quantitative estimate of drug-likeness (QED) is 0.710. The highest BCUT2D eigenvalue weighted by Crippen LogP contribution is 2.31. The highest BCUT2D eigenvalue weighted by molar-refractivity contribution is 9.10. The van der Waals surface area contributed by atoms with E-state index in [0.717, 1.165) is 23.4 Å². The molecular weight excluding hydrogens is 208 g/mol. The Kier molecular flexibility index (Phi) is 1.38. The van der Waals surface area contributed by atoms with Gasteiger partial charge in [-0.15, -0.1) is 0 Å². The van der Waals surface area contributed by atoms with Gasteiger partial charge in [-0.2, -0.15) is 0 Å². The van der Waals surface area contributed by atoms with Crippen molar-refractivity contribution in [3.63, 3.8) is 0 Å². The summed E-state index contributed by atoms with van der Waals surface area (Å²) in [7, 11) is 0. The first kappa shape index (κ1) is 7.31. The zero-order valence-corrected chi connectivity index (χ0v) is 7.80. The van der Waals surface area contributed by atoms with Crippen LogP contribution in [0.4, 0.5) is 0 Å². The van der Waals surface area contributed by atoms with Gasteiger partial charge in [0, 0.05) is 19.2 Å². The topological polar surface area (TPSA) is 38.0 Å². The Hall–Kier alpha value is -0.350. The molecule has 0 saturated carbocycles. The van der Waals surface area contributed by atoms with E-state index in [2.05, 4.69) is 20.9 Å². The van der Waals surface area contributed by atoms with Crippen LogP contribution in [0, 0.1) is 0 Å². The maximum Gasteiger partial charge on any atom is 0.141 e. The molecule has 1 aliphatic rings. The van der Waals surface area contributed by atoms with Crippen LogP contribution in [0.1, 0.15) is 19.2 Å². The fourth-order valence-corrected chi connectivity index (χ4v) is 1.85. The van der Waals surface area contributed by atoms with Gasteiger partial charge in [-0.3, -0.25) is 0 Å². The van der Waals surface area contributed by atoms with Crippen molar-refractivity contribution in [1.29, 1.82) is 0 Å². The lowest BCUT2D eigenvalue weighted by Crippen LogP contribution is -2.17. The summed E-state index contributed by atoms with van der Waals surface area (Å²) < 4.78 is 2.77. The van der Waals surface area contributed by atoms with Crippen molar-refractivity contribution in [3.05, 3.63) is 16.6 Å². The summed E-state index contributed by atoms with van der Waals surface area (Å²) in [6.45, 7) is 2.66. The van der Waals surface area contributed by atoms with Gasteiger partial charge < -0.3 is 9.67 Å². The van der Waals surface area contributed by atoms with Gasteiger partial charge >= 0.3 is 0 Å². The van der Waals surface area contributed by atoms with Crippen molar-refractivity contribution < 1.29 is 5.11 Å². The SMILES string of the molecule is CC1(O)CCn2cc(Br)nc21. The van der Waals surface area contributed by atoms with E-state index in [1.165, 1.54) is 0 Å². The lowest BCUT2D eigenvalue weighted by molar-refractivity contribution is 0.0550. The average molecular weight is 217 g/mol. The van der Waals surface area contributed by atoms with Gasteiger partial charge in [0.15, 0.2) is 0 Å². The summed E-state index contributed by atoms with van der Waals surface area (Å²) in [5.41, 5.74) is -0.730. The van der Waals surface area contributed by atoms with Crippen molar-refractivity contribution in [1.82, 2.24) is 9.55 Å². The van der Waals surface area contributed by atoms with E-state index >= 15 is 0 Å². The van der Waals surface area contributed by atoms with Gasteiger partial charge in [-0.25, -0.2) is 4.98 Å². The van der Waals surface area contributed by atoms with Crippen LogP contribution >= 0.6 is 15.9 Å². The van der Waals surface area contributed by atoms with Crippen LogP contribution in [0.15, 0.2) is 10.8 Å². The standard InChI is InChI=1S/C7H9BrN2O/c1-7(11)2-3-10-4-5(8)9-6(7)10/h4,11H,2-3H2,1H3. The Morgan fingerprint density at radius 1 is 1.82 bits per heavy atom. The fraction of sp³-hybridized carbons (Fsp3) is 0.571. The van der Waals surface area contributed by atoms with Crippen LogP contribution in [-0.2, 0) is 12.1 Å². The van der Waals surface area contributed by atoms with Crippen molar-refractivity contribution in [3.8, 4) is 0 Å². The first-order chi connectivity index (χ1) is 5.09. The highest BCUT2D eigenvalue weighted by Gasteiger charge is 2.34. The van der Waals surface area contributed by atoms with Gasteiger partial charge in [0.1, 0.15) is 16.0 Å². The smallest absolute Gasteiger partial charge is 0.141 e. The molecule has 1 aliphatic heterocycles. The first-order valence-electron chi connectivity index (χ1n) is 3.55. The van der Waals surface area contributed by atoms with Crippen LogP contribution < -0.4 is 0 Å². The number of fused-ring (bicyclic) bond motifs is 1. The second kappa shape index (κ2) is 2.08. The van der Waals surface area contributed by atoms with Crippen LogP contribution in [0.3, 0.4) is 0 Å². The summed E-state index contributed by atoms with van der Waals surface area (Å²) >= 11 is 3.27. The number of halogens is 1. The largest absolute Gasteiger partial charge is 0.382 e. The Morgan fingerprint density at radius 3 is 3.18 bits per heavy atom. The Morgan fingerprint density at radius 2 is 2.55 bits per heavy atom. The van der Waals surface area contributed by atoms with Crippen molar-refractivity contribution >= 4 is 15.9 Å². The number of hydrogen-bond donors (Lipinski definition) is 1. The monoisotopic (exact) mass is 216 g/mol. The predicted octanol–water partition coefficient (Wildman–Crippen LogP) is 1.26. The second-order valence-corrected chi connectivity index (χ2v) is 3.92. The molecule has 60 valence electrons. The third kappa shape index (κ3) is 1.01. The molecule has 0 spiro atoms. The van der Waals surface area contributed by atoms with E-state index in [0.29, 0.717) is 0 Å². The molecule has 4 heteroatoms. The van der Waals surface area contributed by atoms with Crippen molar-refractivity contribution in [2.45, 2.75) is 25.5 Å². The maximum absolute atomic E-state index is 9.76. The number of aromatic nitrogens is 2. The maximum atomic E-state index is 9.76. The van der Waals surface area contributed by atoms with E-state index in [1.807, 2.05) is 10.8 Å². The highest BCUT2D eigenvalue weighted by atomic mass is 79.9. The van der Waals surface area contributed by atoms with E-state index in [-0.39, 0.29) is 0 Å². The molecule has 1 aromatic rings. The molecule has 1 unspecified atom stereocenters. The molecule has 0 fully saturated rings. The van der Waals surface area contributed by atoms with Gasteiger partial charge in [0.2, 0.25) is 0 Å². The molecule has 0 aliphatic carbocycles. The second-order valence-electron chi connectivity index (χ2n) is 3.10. The van der Waals surface area contributed by atoms with E-state index < -0.39 is 5.60 Å². The third-order valence-electron chi connectivity index (χ3n) is 2.07. The normalized spacial score (nSPS) is 29.0. The lowest BCUT2D eigenvalue weighted by Gasteiger charge is -2.12. The molecule has 2 heterocycles. The number of nitrogens with zero attached hydrogens (tertiary/aromatic N) is 2. The number of aliphatic hydroxyl groups is 1. The summed E-state index contributed by atoms with van der Waals surface area (Å²) in [6.07, 6.45) is 2.67. The molecular formula is C7H9BrN2O. The predicted molar refractivity (Wildman–Crippen MR) is 44.1 cm³/mol. The Labute approximate surface area is 73.2 Å². The molecule has 2 rings (SSSR count). The van der Waals surface area contributed by atoms with Gasteiger partial charge in [-0.05, 0) is 22.9 Å². The number of imidazole rings is 1. The molecule has 0 bridgehead atoms.